The first-order valence-electron chi connectivity index (χ1n) is 8.20. The molecule has 0 fully saturated rings. The Morgan fingerprint density at radius 2 is 1.64 bits per heavy atom. The lowest BCUT2D eigenvalue weighted by Crippen LogP contribution is -2.04. The van der Waals surface area contributed by atoms with Crippen LogP contribution in [-0.2, 0) is 11.4 Å². The number of hydrogen-bond acceptors (Lipinski definition) is 3. The number of ether oxygens (including phenoxy) is 2. The Kier molecular flexibility index (Phi) is 6.63. The van der Waals surface area contributed by atoms with Crippen molar-refractivity contribution in [2.45, 2.75) is 32.8 Å². The van der Waals surface area contributed by atoms with Gasteiger partial charge in [-0.05, 0) is 49.2 Å². The summed E-state index contributed by atoms with van der Waals surface area (Å²) in [5, 5.41) is 9.10. The van der Waals surface area contributed by atoms with E-state index in [1.807, 2.05) is 68.5 Å². The standard InChI is InChI=1S/C21H24O4/c1-15(2)12-18(13-21(22)23)17-6-10-20(11-7-17)25-14-16-4-8-19(24-3)9-5-16/h4-12,18H,13-14H2,1-3H3,(H,22,23). The molecule has 2 aromatic rings. The number of hydrogen-bond donors (Lipinski definition) is 1. The van der Waals surface area contributed by atoms with Gasteiger partial charge in [-0.3, -0.25) is 4.79 Å². The molecule has 0 saturated heterocycles. The molecule has 1 unspecified atom stereocenters. The molecule has 0 bridgehead atoms. The quantitative estimate of drug-likeness (QED) is 0.701. The van der Waals surface area contributed by atoms with E-state index in [4.69, 9.17) is 14.6 Å². The maximum absolute atomic E-state index is 11.1. The van der Waals surface area contributed by atoms with Crippen LogP contribution in [-0.4, -0.2) is 18.2 Å². The molecule has 132 valence electrons. The number of carboxylic acid groups (broad SMARTS) is 1. The van der Waals surface area contributed by atoms with Crippen molar-refractivity contribution in [1.82, 2.24) is 0 Å². The summed E-state index contributed by atoms with van der Waals surface area (Å²) >= 11 is 0. The Bertz CT molecular complexity index is 711. The lowest BCUT2D eigenvalue weighted by atomic mass is 9.94. The molecule has 2 aromatic carbocycles. The summed E-state index contributed by atoms with van der Waals surface area (Å²) < 4.78 is 10.9. The third-order valence-corrected chi connectivity index (χ3v) is 3.80. The molecule has 0 heterocycles. The van der Waals surface area contributed by atoms with Crippen LogP contribution in [0.3, 0.4) is 0 Å². The molecule has 1 atom stereocenters. The van der Waals surface area contributed by atoms with Crippen molar-refractivity contribution in [1.29, 1.82) is 0 Å². The zero-order valence-corrected chi connectivity index (χ0v) is 14.9. The average Bonchev–Trinajstić information content (AvgIpc) is 2.59. The third-order valence-electron chi connectivity index (χ3n) is 3.80. The van der Waals surface area contributed by atoms with Gasteiger partial charge in [0.25, 0.3) is 0 Å². The van der Waals surface area contributed by atoms with Crippen LogP contribution in [0.25, 0.3) is 0 Å². The Morgan fingerprint density at radius 1 is 1.04 bits per heavy atom. The van der Waals surface area contributed by atoms with Crippen molar-refractivity contribution in [3.8, 4) is 11.5 Å². The summed E-state index contributed by atoms with van der Waals surface area (Å²) in [6.45, 7) is 4.41. The topological polar surface area (TPSA) is 55.8 Å². The highest BCUT2D eigenvalue weighted by Gasteiger charge is 2.13. The normalized spacial score (nSPS) is 11.5. The third kappa shape index (κ3) is 5.99. The Labute approximate surface area is 148 Å². The predicted octanol–water partition coefficient (Wildman–Crippen LogP) is 4.80. The van der Waals surface area contributed by atoms with Gasteiger partial charge in [0.1, 0.15) is 18.1 Å². The van der Waals surface area contributed by atoms with Crippen LogP contribution in [0, 0.1) is 0 Å². The number of allylic oxidation sites excluding steroid dienone is 2. The highest BCUT2D eigenvalue weighted by Crippen LogP contribution is 2.25. The minimum atomic E-state index is -0.803. The largest absolute Gasteiger partial charge is 0.497 e. The van der Waals surface area contributed by atoms with Gasteiger partial charge in [-0.1, -0.05) is 35.9 Å². The maximum Gasteiger partial charge on any atom is 0.304 e. The number of carbonyl (C=O) groups is 1. The maximum atomic E-state index is 11.1. The fourth-order valence-corrected chi connectivity index (χ4v) is 2.56. The summed E-state index contributed by atoms with van der Waals surface area (Å²) in [7, 11) is 1.64. The number of rotatable bonds is 8. The van der Waals surface area contributed by atoms with Gasteiger partial charge >= 0.3 is 5.97 Å². The van der Waals surface area contributed by atoms with Gasteiger partial charge in [-0.2, -0.15) is 0 Å². The van der Waals surface area contributed by atoms with E-state index >= 15 is 0 Å². The molecule has 0 aliphatic heterocycles. The molecule has 0 saturated carbocycles. The SMILES string of the molecule is COc1ccc(COc2ccc(C(C=C(C)C)CC(=O)O)cc2)cc1. The monoisotopic (exact) mass is 340 g/mol. The Morgan fingerprint density at radius 3 is 2.16 bits per heavy atom. The number of benzene rings is 2. The van der Waals surface area contributed by atoms with Crippen LogP contribution in [0.2, 0.25) is 0 Å². The molecule has 0 spiro atoms. The highest BCUT2D eigenvalue weighted by molar-refractivity contribution is 5.68. The molecule has 25 heavy (non-hydrogen) atoms. The highest BCUT2D eigenvalue weighted by atomic mass is 16.5. The van der Waals surface area contributed by atoms with E-state index in [9.17, 15) is 4.79 Å². The van der Waals surface area contributed by atoms with Crippen molar-refractivity contribution in [3.63, 3.8) is 0 Å². The molecule has 1 N–H and O–H groups in total. The van der Waals surface area contributed by atoms with E-state index in [-0.39, 0.29) is 12.3 Å². The van der Waals surface area contributed by atoms with E-state index in [0.29, 0.717) is 6.61 Å². The van der Waals surface area contributed by atoms with Crippen LogP contribution in [0.5, 0.6) is 11.5 Å². The average molecular weight is 340 g/mol. The fraction of sp³-hybridized carbons (Fsp3) is 0.286. The lowest BCUT2D eigenvalue weighted by Gasteiger charge is -2.13. The number of aliphatic carboxylic acids is 1. The van der Waals surface area contributed by atoms with Crippen LogP contribution in [0.4, 0.5) is 0 Å². The first-order chi connectivity index (χ1) is 12.0. The van der Waals surface area contributed by atoms with Crippen LogP contribution in [0.1, 0.15) is 37.3 Å². The van der Waals surface area contributed by atoms with Gasteiger partial charge in [0.05, 0.1) is 13.5 Å². The van der Waals surface area contributed by atoms with E-state index in [2.05, 4.69) is 0 Å². The number of carboxylic acids is 1. The molecular weight excluding hydrogens is 316 g/mol. The van der Waals surface area contributed by atoms with Crippen molar-refractivity contribution in [2.75, 3.05) is 7.11 Å². The predicted molar refractivity (Wildman–Crippen MR) is 98.2 cm³/mol. The van der Waals surface area contributed by atoms with E-state index in [1.165, 1.54) is 0 Å². The molecule has 2 rings (SSSR count). The van der Waals surface area contributed by atoms with Gasteiger partial charge in [-0.15, -0.1) is 0 Å². The minimum absolute atomic E-state index is 0.0806. The van der Waals surface area contributed by atoms with E-state index < -0.39 is 5.97 Å². The van der Waals surface area contributed by atoms with Crippen molar-refractivity contribution < 1.29 is 19.4 Å². The summed E-state index contributed by atoms with van der Waals surface area (Å²) in [5.41, 5.74) is 3.13. The first-order valence-corrected chi connectivity index (χ1v) is 8.20. The van der Waals surface area contributed by atoms with Crippen molar-refractivity contribution in [3.05, 3.63) is 71.3 Å². The molecular formula is C21H24O4. The Balaban J connectivity index is 2.02. The summed E-state index contributed by atoms with van der Waals surface area (Å²) in [4.78, 5) is 11.1. The Hall–Kier alpha value is -2.75. The molecule has 0 aliphatic rings. The summed E-state index contributed by atoms with van der Waals surface area (Å²) in [6.07, 6.45) is 2.07. The molecule has 0 radical (unpaired) electrons. The van der Waals surface area contributed by atoms with Crippen LogP contribution >= 0.6 is 0 Å². The van der Waals surface area contributed by atoms with E-state index in [1.54, 1.807) is 7.11 Å². The second-order valence-corrected chi connectivity index (χ2v) is 6.15. The van der Waals surface area contributed by atoms with Gasteiger partial charge < -0.3 is 14.6 Å². The zero-order valence-electron chi connectivity index (χ0n) is 14.9. The van der Waals surface area contributed by atoms with Gasteiger partial charge in [0, 0.05) is 5.92 Å². The first kappa shape index (κ1) is 18.6. The van der Waals surface area contributed by atoms with Gasteiger partial charge in [0.15, 0.2) is 0 Å². The molecule has 0 aromatic heterocycles. The second kappa shape index (κ2) is 8.92. The van der Waals surface area contributed by atoms with Crippen LogP contribution < -0.4 is 9.47 Å². The zero-order chi connectivity index (χ0) is 18.2. The van der Waals surface area contributed by atoms with Crippen molar-refractivity contribution >= 4 is 5.97 Å². The summed E-state index contributed by atoms with van der Waals surface area (Å²) in [5.74, 6) is 0.642. The van der Waals surface area contributed by atoms with Gasteiger partial charge in [0.2, 0.25) is 0 Å². The van der Waals surface area contributed by atoms with E-state index in [0.717, 1.165) is 28.2 Å². The summed E-state index contributed by atoms with van der Waals surface area (Å²) in [6, 6.07) is 15.3. The lowest BCUT2D eigenvalue weighted by molar-refractivity contribution is -0.137. The molecule has 4 nitrogen and oxygen atoms in total. The minimum Gasteiger partial charge on any atom is -0.497 e. The second-order valence-electron chi connectivity index (χ2n) is 6.15. The van der Waals surface area contributed by atoms with Crippen molar-refractivity contribution in [2.24, 2.45) is 0 Å². The molecule has 0 aliphatic carbocycles. The fourth-order valence-electron chi connectivity index (χ4n) is 2.56. The van der Waals surface area contributed by atoms with Gasteiger partial charge in [-0.25, -0.2) is 0 Å². The molecule has 4 heteroatoms. The molecule has 0 amide bonds. The smallest absolute Gasteiger partial charge is 0.304 e. The van der Waals surface area contributed by atoms with Crippen LogP contribution in [0.15, 0.2) is 60.2 Å². The number of methoxy groups -OCH3 is 1.